The number of nitrogens with one attached hydrogen (secondary N) is 2. The van der Waals surface area contributed by atoms with E-state index < -0.39 is 40.9 Å². The van der Waals surface area contributed by atoms with Crippen LogP contribution in [0.2, 0.25) is 0 Å². The molecule has 8 nitrogen and oxygen atoms in total. The topological polar surface area (TPSA) is 103 Å². The molecule has 1 rings (SSSR count). The van der Waals surface area contributed by atoms with Gasteiger partial charge in [0.2, 0.25) is 0 Å². The first kappa shape index (κ1) is 20.1. The second-order valence-corrected chi connectivity index (χ2v) is 8.20. The number of carbonyl (C=O) groups excluding carboxylic acids is 3. The number of cyclic esters (lactones) is 1. The molecule has 0 aromatic heterocycles. The Morgan fingerprint density at radius 2 is 1.58 bits per heavy atom. The van der Waals surface area contributed by atoms with Crippen LogP contribution in [0.15, 0.2) is 0 Å². The highest BCUT2D eigenvalue weighted by Gasteiger charge is 2.41. The molecule has 0 saturated carbocycles. The molecular weight excluding hydrogens is 316 g/mol. The van der Waals surface area contributed by atoms with Gasteiger partial charge in [0.15, 0.2) is 0 Å². The zero-order chi connectivity index (χ0) is 18.8. The van der Waals surface area contributed by atoms with Crippen molar-refractivity contribution in [1.29, 1.82) is 0 Å². The summed E-state index contributed by atoms with van der Waals surface area (Å²) in [5, 5.41) is 5.17. The predicted octanol–water partition coefficient (Wildman–Crippen LogP) is 2.11. The van der Waals surface area contributed by atoms with Gasteiger partial charge in [-0.1, -0.05) is 0 Å². The second kappa shape index (κ2) is 6.86. The van der Waals surface area contributed by atoms with E-state index >= 15 is 0 Å². The Morgan fingerprint density at radius 3 is 2.08 bits per heavy atom. The van der Waals surface area contributed by atoms with Gasteiger partial charge >= 0.3 is 18.2 Å². The Hall–Kier alpha value is -1.99. The minimum absolute atomic E-state index is 0.00241. The summed E-state index contributed by atoms with van der Waals surface area (Å²) in [5.74, 6) is -0.565. The maximum atomic E-state index is 11.9. The van der Waals surface area contributed by atoms with Gasteiger partial charge in [-0.15, -0.1) is 0 Å². The summed E-state index contributed by atoms with van der Waals surface area (Å²) in [6.45, 7) is 12.1. The lowest BCUT2D eigenvalue weighted by molar-refractivity contribution is -0.154. The van der Waals surface area contributed by atoms with Gasteiger partial charge in [0.25, 0.3) is 0 Å². The zero-order valence-corrected chi connectivity index (χ0v) is 15.4. The standard InChI is InChI=1S/C16H28N2O6/c1-14(2,3)23-12(20)17-10-8-16(7,9-22-11(10)19)18-13(21)24-15(4,5)6/h10H,8-9H2,1-7H3,(H,17,20)(H,18,21)/t10-,16-/m0/s1. The average molecular weight is 344 g/mol. The Labute approximate surface area is 142 Å². The number of amides is 2. The van der Waals surface area contributed by atoms with Gasteiger partial charge in [-0.2, -0.15) is 0 Å². The van der Waals surface area contributed by atoms with Crippen molar-refractivity contribution in [1.82, 2.24) is 10.6 Å². The molecule has 0 aromatic carbocycles. The number of carbonyl (C=O) groups is 3. The molecule has 2 atom stereocenters. The van der Waals surface area contributed by atoms with Crippen LogP contribution in [0.25, 0.3) is 0 Å². The van der Waals surface area contributed by atoms with Crippen molar-refractivity contribution in [3.63, 3.8) is 0 Å². The van der Waals surface area contributed by atoms with Crippen LogP contribution < -0.4 is 10.6 Å². The van der Waals surface area contributed by atoms with Crippen molar-refractivity contribution in [2.24, 2.45) is 0 Å². The number of alkyl carbamates (subject to hydrolysis) is 2. The molecule has 1 saturated heterocycles. The van der Waals surface area contributed by atoms with Crippen molar-refractivity contribution in [3.05, 3.63) is 0 Å². The van der Waals surface area contributed by atoms with Crippen LogP contribution in [0.1, 0.15) is 54.9 Å². The zero-order valence-electron chi connectivity index (χ0n) is 15.4. The van der Waals surface area contributed by atoms with Gasteiger partial charge in [-0.05, 0) is 48.5 Å². The van der Waals surface area contributed by atoms with Gasteiger partial charge in [0, 0.05) is 6.42 Å². The molecule has 0 spiro atoms. The van der Waals surface area contributed by atoms with Crippen LogP contribution in [-0.4, -0.2) is 47.5 Å². The fraction of sp³-hybridized carbons (Fsp3) is 0.812. The molecule has 0 bridgehead atoms. The van der Waals surface area contributed by atoms with E-state index in [1.807, 2.05) is 0 Å². The number of hydrogen-bond acceptors (Lipinski definition) is 6. The third kappa shape index (κ3) is 7.06. The lowest BCUT2D eigenvalue weighted by Crippen LogP contribution is -2.60. The molecule has 1 heterocycles. The second-order valence-electron chi connectivity index (χ2n) is 8.20. The monoisotopic (exact) mass is 344 g/mol. The Kier molecular flexibility index (Phi) is 5.74. The lowest BCUT2D eigenvalue weighted by atomic mass is 9.91. The van der Waals surface area contributed by atoms with E-state index in [1.54, 1.807) is 48.5 Å². The highest BCUT2D eigenvalue weighted by atomic mass is 16.6. The number of ether oxygens (including phenoxy) is 3. The fourth-order valence-corrected chi connectivity index (χ4v) is 2.12. The minimum Gasteiger partial charge on any atom is -0.462 e. The SMILES string of the molecule is CC(C)(C)OC(=O)N[C@H]1C[C@](C)(NC(=O)OC(C)(C)C)COC1=O. The molecule has 1 fully saturated rings. The van der Waals surface area contributed by atoms with Gasteiger partial charge in [0.1, 0.15) is 23.9 Å². The third-order valence-electron chi connectivity index (χ3n) is 2.97. The average Bonchev–Trinajstić information content (AvgIpc) is 2.28. The van der Waals surface area contributed by atoms with Crippen LogP contribution in [0, 0.1) is 0 Å². The molecule has 0 aromatic rings. The van der Waals surface area contributed by atoms with E-state index in [4.69, 9.17) is 14.2 Å². The smallest absolute Gasteiger partial charge is 0.408 e. The summed E-state index contributed by atoms with van der Waals surface area (Å²) in [7, 11) is 0. The van der Waals surface area contributed by atoms with E-state index in [0.717, 1.165) is 0 Å². The molecule has 0 radical (unpaired) electrons. The van der Waals surface area contributed by atoms with Crippen molar-refractivity contribution in [2.45, 2.75) is 77.7 Å². The molecule has 2 amide bonds. The normalized spacial score (nSPS) is 24.6. The van der Waals surface area contributed by atoms with Gasteiger partial charge in [0.05, 0.1) is 5.54 Å². The molecule has 0 aliphatic carbocycles. The van der Waals surface area contributed by atoms with Crippen molar-refractivity contribution < 1.29 is 28.6 Å². The predicted molar refractivity (Wildman–Crippen MR) is 86.5 cm³/mol. The van der Waals surface area contributed by atoms with Crippen molar-refractivity contribution in [2.75, 3.05) is 6.61 Å². The van der Waals surface area contributed by atoms with E-state index in [-0.39, 0.29) is 13.0 Å². The molecule has 138 valence electrons. The molecule has 1 aliphatic heterocycles. The molecular formula is C16H28N2O6. The molecule has 0 unspecified atom stereocenters. The van der Waals surface area contributed by atoms with E-state index in [2.05, 4.69) is 10.6 Å². The summed E-state index contributed by atoms with van der Waals surface area (Å²) in [4.78, 5) is 35.6. The molecule has 2 N–H and O–H groups in total. The minimum atomic E-state index is -0.909. The Morgan fingerprint density at radius 1 is 1.08 bits per heavy atom. The van der Waals surface area contributed by atoms with Crippen LogP contribution >= 0.6 is 0 Å². The van der Waals surface area contributed by atoms with Crippen molar-refractivity contribution in [3.8, 4) is 0 Å². The van der Waals surface area contributed by atoms with E-state index in [9.17, 15) is 14.4 Å². The van der Waals surface area contributed by atoms with Crippen LogP contribution in [-0.2, 0) is 19.0 Å². The van der Waals surface area contributed by atoms with Gasteiger partial charge in [-0.3, -0.25) is 0 Å². The lowest BCUT2D eigenvalue weighted by Gasteiger charge is -2.38. The summed E-state index contributed by atoms with van der Waals surface area (Å²) in [6, 6.07) is -0.909. The van der Waals surface area contributed by atoms with E-state index in [0.29, 0.717) is 0 Å². The maximum absolute atomic E-state index is 11.9. The highest BCUT2D eigenvalue weighted by Crippen LogP contribution is 2.21. The van der Waals surface area contributed by atoms with Crippen molar-refractivity contribution >= 4 is 18.2 Å². The molecule has 1 aliphatic rings. The first-order valence-corrected chi connectivity index (χ1v) is 7.86. The third-order valence-corrected chi connectivity index (χ3v) is 2.97. The summed E-state index contributed by atoms with van der Waals surface area (Å²) < 4.78 is 15.4. The first-order valence-electron chi connectivity index (χ1n) is 7.86. The Bertz CT molecular complexity index is 506. The van der Waals surface area contributed by atoms with Crippen LogP contribution in [0.5, 0.6) is 0 Å². The molecule has 8 heteroatoms. The maximum Gasteiger partial charge on any atom is 0.408 e. The fourth-order valence-electron chi connectivity index (χ4n) is 2.12. The highest BCUT2D eigenvalue weighted by molar-refractivity contribution is 5.82. The number of hydrogen-bond donors (Lipinski definition) is 2. The quantitative estimate of drug-likeness (QED) is 0.587. The summed E-state index contributed by atoms with van der Waals surface area (Å²) in [6.07, 6.45) is -1.16. The van der Waals surface area contributed by atoms with Gasteiger partial charge in [-0.25, -0.2) is 14.4 Å². The number of esters is 1. The Balaban J connectivity index is 2.68. The van der Waals surface area contributed by atoms with Crippen LogP contribution in [0.4, 0.5) is 9.59 Å². The van der Waals surface area contributed by atoms with Crippen LogP contribution in [0.3, 0.4) is 0 Å². The largest absolute Gasteiger partial charge is 0.462 e. The first-order chi connectivity index (χ1) is 10.7. The summed E-state index contributed by atoms with van der Waals surface area (Å²) >= 11 is 0. The summed E-state index contributed by atoms with van der Waals surface area (Å²) in [5.41, 5.74) is -2.17. The van der Waals surface area contributed by atoms with E-state index in [1.165, 1.54) is 0 Å². The molecule has 24 heavy (non-hydrogen) atoms. The van der Waals surface area contributed by atoms with Gasteiger partial charge < -0.3 is 24.8 Å². The number of rotatable bonds is 2.